The first-order valence-corrected chi connectivity index (χ1v) is 14.5. The molecule has 11 heteroatoms. The highest BCUT2D eigenvalue weighted by Crippen LogP contribution is 2.31. The average molecular weight is 578 g/mol. The Balaban J connectivity index is 1.10. The number of thiophene rings is 1. The number of rotatable bonds is 10. The van der Waals surface area contributed by atoms with Gasteiger partial charge < -0.3 is 18.8 Å². The topological polar surface area (TPSA) is 102 Å². The second-order valence-corrected chi connectivity index (χ2v) is 11.6. The fourth-order valence-corrected chi connectivity index (χ4v) is 6.39. The largest absolute Gasteiger partial charge is 0.472 e. The molecule has 6 rings (SSSR count). The monoisotopic (exact) mass is 577 g/mol. The summed E-state index contributed by atoms with van der Waals surface area (Å²) in [5.41, 5.74) is 2.88. The first-order chi connectivity index (χ1) is 19.6. The van der Waals surface area contributed by atoms with Gasteiger partial charge in [0.05, 0.1) is 35.2 Å². The number of halogens is 1. The summed E-state index contributed by atoms with van der Waals surface area (Å²) in [7, 11) is 0. The van der Waals surface area contributed by atoms with Gasteiger partial charge in [0.1, 0.15) is 29.1 Å². The Kier molecular flexibility index (Phi) is 7.98. The third-order valence-corrected chi connectivity index (χ3v) is 8.90. The summed E-state index contributed by atoms with van der Waals surface area (Å²) in [5, 5.41) is 9.58. The molecular weight excluding hydrogens is 550 g/mol. The molecule has 0 unspecified atom stereocenters. The maximum Gasteiger partial charge on any atom is 0.298 e. The van der Waals surface area contributed by atoms with Gasteiger partial charge in [-0.15, -0.1) is 11.3 Å². The Morgan fingerprint density at radius 2 is 2.02 bits per heavy atom. The molecule has 3 aromatic heterocycles. The molecule has 2 aliphatic rings. The van der Waals surface area contributed by atoms with Gasteiger partial charge in [-0.25, -0.2) is 9.97 Å². The van der Waals surface area contributed by atoms with E-state index in [1.807, 2.05) is 24.3 Å². The summed E-state index contributed by atoms with van der Waals surface area (Å²) in [6, 6.07) is 15.3. The number of piperidine rings is 1. The lowest BCUT2D eigenvalue weighted by molar-refractivity contribution is -0.120. The third kappa shape index (κ3) is 5.83. The molecule has 0 saturated carbocycles. The molecule has 0 radical (unpaired) electrons. The Bertz CT molecular complexity index is 1550. The quantitative estimate of drug-likeness (QED) is 0.234. The molecule has 2 fully saturated rings. The Labute approximate surface area is 240 Å². The van der Waals surface area contributed by atoms with Gasteiger partial charge in [0.15, 0.2) is 0 Å². The molecule has 4 aromatic rings. The lowest BCUT2D eigenvalue weighted by atomic mass is 9.93. The molecule has 9 nitrogen and oxygen atoms in total. The van der Waals surface area contributed by atoms with Crippen LogP contribution in [0.2, 0.25) is 5.02 Å². The van der Waals surface area contributed by atoms with Crippen LogP contribution in [0.3, 0.4) is 0 Å². The molecule has 1 aromatic carbocycles. The van der Waals surface area contributed by atoms with Crippen LogP contribution in [-0.2, 0) is 29.2 Å². The van der Waals surface area contributed by atoms with E-state index >= 15 is 0 Å². The van der Waals surface area contributed by atoms with E-state index in [-0.39, 0.29) is 6.10 Å². The van der Waals surface area contributed by atoms with Crippen LogP contribution >= 0.6 is 22.9 Å². The molecule has 0 N–H and O–H groups in total. The molecule has 40 heavy (non-hydrogen) atoms. The van der Waals surface area contributed by atoms with Gasteiger partial charge in [-0.1, -0.05) is 17.7 Å². The number of aromatic nitrogens is 3. The van der Waals surface area contributed by atoms with Gasteiger partial charge in [-0.2, -0.15) is 5.26 Å². The van der Waals surface area contributed by atoms with Gasteiger partial charge in [0.2, 0.25) is 5.88 Å². The molecule has 0 bridgehead atoms. The number of nitrogens with zero attached hydrogens (tertiary/aromatic N) is 5. The number of likely N-dealkylation sites (tertiary alicyclic amines) is 1. The van der Waals surface area contributed by atoms with Crippen LogP contribution in [0, 0.1) is 11.3 Å². The number of hydrogen-bond donors (Lipinski definition) is 0. The van der Waals surface area contributed by atoms with E-state index in [9.17, 15) is 4.79 Å². The van der Waals surface area contributed by atoms with Crippen molar-refractivity contribution >= 4 is 40.4 Å². The zero-order valence-electron chi connectivity index (χ0n) is 21.8. The summed E-state index contributed by atoms with van der Waals surface area (Å²) >= 11 is 7.42. The minimum Gasteiger partial charge on any atom is -0.472 e. The van der Waals surface area contributed by atoms with Crippen LogP contribution in [0.1, 0.15) is 46.5 Å². The van der Waals surface area contributed by atoms with Gasteiger partial charge in [0.25, 0.3) is 6.47 Å². The van der Waals surface area contributed by atoms with Crippen LogP contribution in [0.4, 0.5) is 0 Å². The molecule has 0 spiro atoms. The van der Waals surface area contributed by atoms with Gasteiger partial charge in [-0.05, 0) is 56.6 Å². The van der Waals surface area contributed by atoms with Crippen molar-refractivity contribution < 1.29 is 19.0 Å². The fraction of sp³-hybridized carbons (Fsp3) is 0.379. The summed E-state index contributed by atoms with van der Waals surface area (Å²) in [6.07, 6.45) is 3.20. The number of hydrogen-bond acceptors (Lipinski definition) is 9. The molecule has 2 aliphatic heterocycles. The van der Waals surface area contributed by atoms with Crippen LogP contribution in [-0.4, -0.2) is 51.7 Å². The summed E-state index contributed by atoms with van der Waals surface area (Å²) in [4.78, 5) is 24.4. The highest BCUT2D eigenvalue weighted by Gasteiger charge is 2.26. The molecule has 1 atom stereocenters. The molecule has 0 aliphatic carbocycles. The molecule has 0 amide bonds. The number of ether oxygens (including phenoxy) is 3. The van der Waals surface area contributed by atoms with Crippen molar-refractivity contribution in [1.82, 2.24) is 19.4 Å². The van der Waals surface area contributed by atoms with Crippen molar-refractivity contribution in [2.45, 2.75) is 51.0 Å². The van der Waals surface area contributed by atoms with Crippen molar-refractivity contribution in [2.24, 2.45) is 0 Å². The number of fused-ring (bicyclic) bond motifs is 1. The van der Waals surface area contributed by atoms with Gasteiger partial charge >= 0.3 is 0 Å². The maximum atomic E-state index is 10.9. The van der Waals surface area contributed by atoms with E-state index in [0.717, 1.165) is 79.5 Å². The third-order valence-electron chi connectivity index (χ3n) is 7.48. The second-order valence-electron chi connectivity index (χ2n) is 10.0. The van der Waals surface area contributed by atoms with E-state index in [0.29, 0.717) is 40.5 Å². The molecule has 206 valence electrons. The maximum absolute atomic E-state index is 10.9. The first kappa shape index (κ1) is 26.7. The number of carbonyl (C=O) groups is 1. The zero-order chi connectivity index (χ0) is 27.5. The van der Waals surface area contributed by atoms with Crippen LogP contribution in [0.5, 0.6) is 11.6 Å². The standard InChI is InChI=1S/C29H28ClN5O4S/c30-23-13-22(40-27(23)14-31)17-38-29-3-1-2-24(33-29)19-6-9-34(10-7-19)16-28-32-25-5-4-20(39-18-36)12-26(25)35(28)15-21-8-11-37-21/h1-5,12-13,18-19,21H,6-11,15-17H2/t21-/m0/s1. The van der Waals surface area contributed by atoms with Crippen molar-refractivity contribution in [3.05, 3.63) is 68.8 Å². The van der Waals surface area contributed by atoms with Crippen molar-refractivity contribution in [1.29, 1.82) is 5.26 Å². The summed E-state index contributed by atoms with van der Waals surface area (Å²) < 4.78 is 18.9. The summed E-state index contributed by atoms with van der Waals surface area (Å²) in [5.74, 6) is 2.43. The lowest BCUT2D eigenvalue weighted by Gasteiger charge is -2.32. The lowest BCUT2D eigenvalue weighted by Crippen LogP contribution is -2.35. The zero-order valence-corrected chi connectivity index (χ0v) is 23.4. The van der Waals surface area contributed by atoms with E-state index < -0.39 is 0 Å². The number of imidazole rings is 1. The first-order valence-electron chi connectivity index (χ1n) is 13.3. The smallest absolute Gasteiger partial charge is 0.298 e. The minimum atomic E-state index is 0.184. The predicted molar refractivity (Wildman–Crippen MR) is 151 cm³/mol. The van der Waals surface area contributed by atoms with Gasteiger partial charge in [0, 0.05) is 35.2 Å². The molecule has 5 heterocycles. The summed E-state index contributed by atoms with van der Waals surface area (Å²) in [6.45, 7) is 4.92. The van der Waals surface area contributed by atoms with Crippen LogP contribution in [0.25, 0.3) is 11.0 Å². The number of carbonyl (C=O) groups excluding carboxylic acids is 1. The predicted octanol–water partition coefficient (Wildman–Crippen LogP) is 5.30. The van der Waals surface area contributed by atoms with E-state index in [2.05, 4.69) is 21.6 Å². The Morgan fingerprint density at radius 3 is 2.75 bits per heavy atom. The molecular formula is C29H28ClN5O4S. The molecule has 2 saturated heterocycles. The van der Waals surface area contributed by atoms with E-state index in [1.54, 1.807) is 12.1 Å². The average Bonchev–Trinajstić information content (AvgIpc) is 3.48. The highest BCUT2D eigenvalue weighted by molar-refractivity contribution is 7.13. The van der Waals surface area contributed by atoms with Crippen molar-refractivity contribution in [3.8, 4) is 17.7 Å². The van der Waals surface area contributed by atoms with Crippen LogP contribution < -0.4 is 9.47 Å². The van der Waals surface area contributed by atoms with Crippen molar-refractivity contribution in [2.75, 3.05) is 19.7 Å². The SMILES string of the molecule is N#Cc1sc(COc2cccc(C3CCN(Cc4nc5ccc(OC=O)cc5n4C[C@@H]4CCO4)CC3)n2)cc1Cl. The normalized spacial score (nSPS) is 17.9. The number of benzene rings is 1. The minimum absolute atomic E-state index is 0.184. The highest BCUT2D eigenvalue weighted by atomic mass is 35.5. The second kappa shape index (κ2) is 11.9. The van der Waals surface area contributed by atoms with E-state index in [1.165, 1.54) is 11.3 Å². The fourth-order valence-electron chi connectivity index (χ4n) is 5.27. The van der Waals surface area contributed by atoms with Crippen molar-refractivity contribution in [3.63, 3.8) is 0 Å². The Morgan fingerprint density at radius 1 is 1.18 bits per heavy atom. The van der Waals surface area contributed by atoms with Crippen LogP contribution in [0.15, 0.2) is 42.5 Å². The Hall–Kier alpha value is -3.49. The van der Waals surface area contributed by atoms with E-state index in [4.69, 9.17) is 41.0 Å². The number of pyridine rings is 1. The number of nitriles is 1. The van der Waals surface area contributed by atoms with Gasteiger partial charge in [-0.3, -0.25) is 9.69 Å².